The molecule has 2 aromatic carbocycles. The zero-order valence-corrected chi connectivity index (χ0v) is 16.8. The van der Waals surface area contributed by atoms with Gasteiger partial charge in [0.05, 0.1) is 6.42 Å². The number of carbonyl (C=O) groups is 2. The number of carbonyl (C=O) groups excluding carboxylic acids is 2. The maximum Gasteiger partial charge on any atom is 0.306 e. The molecule has 3 rings (SSSR count). The molecular formula is C23H19ClO6. The van der Waals surface area contributed by atoms with E-state index in [0.29, 0.717) is 10.6 Å². The summed E-state index contributed by atoms with van der Waals surface area (Å²) < 4.78 is 15.8. The Morgan fingerprint density at radius 1 is 0.933 bits per heavy atom. The molecule has 0 aliphatic rings. The first-order chi connectivity index (χ1) is 14.5. The minimum absolute atomic E-state index is 0.0106. The second-order valence-corrected chi connectivity index (χ2v) is 6.88. The van der Waals surface area contributed by atoms with Crippen LogP contribution >= 0.6 is 11.6 Å². The van der Waals surface area contributed by atoms with Gasteiger partial charge in [0, 0.05) is 23.1 Å². The number of halogens is 1. The third kappa shape index (κ3) is 6.32. The molecule has 0 atom stereocenters. The summed E-state index contributed by atoms with van der Waals surface area (Å²) >= 11 is 5.79. The van der Waals surface area contributed by atoms with Gasteiger partial charge in [0.15, 0.2) is 5.78 Å². The lowest BCUT2D eigenvalue weighted by atomic mass is 10.1. The Bertz CT molecular complexity index is 1060. The van der Waals surface area contributed by atoms with Crippen molar-refractivity contribution in [1.29, 1.82) is 0 Å². The molecule has 6 nitrogen and oxygen atoms in total. The summed E-state index contributed by atoms with van der Waals surface area (Å²) in [4.78, 5) is 36.1. The summed E-state index contributed by atoms with van der Waals surface area (Å²) in [6, 6.07) is 17.1. The standard InChI is InChI=1S/C23H19ClO6/c24-18-8-6-17(7-9-18)20(25)10-11-23(27)30-14-19-12-21(26)22(15-28-19)29-13-16-4-2-1-3-5-16/h1-9,12,15H,10-11,13-14H2. The first-order valence-corrected chi connectivity index (χ1v) is 9.62. The molecule has 0 radical (unpaired) electrons. The van der Waals surface area contributed by atoms with Crippen LogP contribution in [0, 0.1) is 0 Å². The first kappa shape index (κ1) is 21.3. The van der Waals surface area contributed by atoms with Crippen LogP contribution in [0.15, 0.2) is 76.1 Å². The van der Waals surface area contributed by atoms with E-state index in [4.69, 9.17) is 25.5 Å². The molecule has 0 amide bonds. The van der Waals surface area contributed by atoms with E-state index in [2.05, 4.69) is 0 Å². The van der Waals surface area contributed by atoms with Crippen molar-refractivity contribution >= 4 is 23.4 Å². The Morgan fingerprint density at radius 3 is 2.37 bits per heavy atom. The fourth-order valence-corrected chi connectivity index (χ4v) is 2.70. The van der Waals surface area contributed by atoms with Crippen LogP contribution in [0.1, 0.15) is 34.5 Å². The molecule has 30 heavy (non-hydrogen) atoms. The van der Waals surface area contributed by atoms with Crippen molar-refractivity contribution in [3.8, 4) is 5.75 Å². The summed E-state index contributed by atoms with van der Waals surface area (Å²) in [6.45, 7) is 0.0315. The van der Waals surface area contributed by atoms with E-state index in [9.17, 15) is 14.4 Å². The Morgan fingerprint density at radius 2 is 1.67 bits per heavy atom. The normalized spacial score (nSPS) is 10.4. The van der Waals surface area contributed by atoms with E-state index in [-0.39, 0.29) is 48.8 Å². The van der Waals surface area contributed by atoms with Crippen LogP contribution in [0.5, 0.6) is 5.75 Å². The van der Waals surface area contributed by atoms with Gasteiger partial charge in [0.25, 0.3) is 0 Å². The SMILES string of the molecule is O=C(CCC(=O)c1ccc(Cl)cc1)OCc1cc(=O)c(OCc2ccccc2)co1. The Hall–Kier alpha value is -3.38. The average molecular weight is 427 g/mol. The zero-order chi connectivity index (χ0) is 21.3. The van der Waals surface area contributed by atoms with Crippen molar-refractivity contribution in [2.24, 2.45) is 0 Å². The number of Topliss-reactive ketones (excluding diaryl/α,β-unsaturated/α-hetero) is 1. The van der Waals surface area contributed by atoms with Crippen molar-refractivity contribution in [1.82, 2.24) is 0 Å². The second kappa shape index (κ2) is 10.4. The quantitative estimate of drug-likeness (QED) is 0.368. The summed E-state index contributed by atoms with van der Waals surface area (Å²) in [5, 5.41) is 0.531. The largest absolute Gasteiger partial charge is 0.482 e. The number of ketones is 1. The highest BCUT2D eigenvalue weighted by atomic mass is 35.5. The number of hydrogen-bond acceptors (Lipinski definition) is 6. The van der Waals surface area contributed by atoms with Crippen molar-refractivity contribution in [3.05, 3.63) is 99.1 Å². The number of esters is 1. The highest BCUT2D eigenvalue weighted by molar-refractivity contribution is 6.30. The Kier molecular flexibility index (Phi) is 7.40. The van der Waals surface area contributed by atoms with E-state index in [0.717, 1.165) is 5.56 Å². The molecule has 1 aromatic heterocycles. The summed E-state index contributed by atoms with van der Waals surface area (Å²) in [5.41, 5.74) is 1.02. The molecule has 0 bridgehead atoms. The van der Waals surface area contributed by atoms with Crippen molar-refractivity contribution in [2.75, 3.05) is 0 Å². The fraction of sp³-hybridized carbons (Fsp3) is 0.174. The second-order valence-electron chi connectivity index (χ2n) is 6.44. The molecule has 3 aromatic rings. The third-order valence-corrected chi connectivity index (χ3v) is 4.44. The van der Waals surface area contributed by atoms with Gasteiger partial charge < -0.3 is 13.9 Å². The molecule has 0 fully saturated rings. The van der Waals surface area contributed by atoms with Gasteiger partial charge in [0.2, 0.25) is 11.2 Å². The molecule has 7 heteroatoms. The van der Waals surface area contributed by atoms with Crippen LogP contribution in [0.2, 0.25) is 5.02 Å². The lowest BCUT2D eigenvalue weighted by Crippen LogP contribution is -2.11. The van der Waals surface area contributed by atoms with Crippen molar-refractivity contribution in [2.45, 2.75) is 26.1 Å². The molecule has 154 valence electrons. The van der Waals surface area contributed by atoms with Crippen molar-refractivity contribution < 1.29 is 23.5 Å². The molecule has 0 aliphatic heterocycles. The van der Waals surface area contributed by atoms with E-state index in [1.165, 1.54) is 12.3 Å². The van der Waals surface area contributed by atoms with Gasteiger partial charge in [0.1, 0.15) is 25.2 Å². The molecule has 0 unspecified atom stereocenters. The Balaban J connectivity index is 1.45. The topological polar surface area (TPSA) is 82.8 Å². The molecular weight excluding hydrogens is 408 g/mol. The highest BCUT2D eigenvalue weighted by Crippen LogP contribution is 2.13. The van der Waals surface area contributed by atoms with Crippen LogP contribution in [-0.2, 0) is 22.7 Å². The third-order valence-electron chi connectivity index (χ3n) is 4.19. The van der Waals surface area contributed by atoms with Gasteiger partial charge in [-0.1, -0.05) is 41.9 Å². The van der Waals surface area contributed by atoms with E-state index < -0.39 is 5.97 Å². The maximum atomic E-state index is 12.1. The summed E-state index contributed by atoms with van der Waals surface area (Å²) in [7, 11) is 0. The van der Waals surface area contributed by atoms with Gasteiger partial charge in [-0.15, -0.1) is 0 Å². The van der Waals surface area contributed by atoms with Gasteiger partial charge in [-0.2, -0.15) is 0 Å². The lowest BCUT2D eigenvalue weighted by Gasteiger charge is -2.07. The molecule has 1 heterocycles. The lowest BCUT2D eigenvalue weighted by molar-refractivity contribution is -0.145. The molecule has 0 aliphatic carbocycles. The zero-order valence-electron chi connectivity index (χ0n) is 16.0. The highest BCUT2D eigenvalue weighted by Gasteiger charge is 2.12. The van der Waals surface area contributed by atoms with Crippen LogP contribution in [0.25, 0.3) is 0 Å². The van der Waals surface area contributed by atoms with Gasteiger partial charge in [-0.25, -0.2) is 0 Å². The maximum absolute atomic E-state index is 12.1. The molecule has 0 N–H and O–H groups in total. The first-order valence-electron chi connectivity index (χ1n) is 9.24. The monoisotopic (exact) mass is 426 g/mol. The summed E-state index contributed by atoms with van der Waals surface area (Å²) in [6.07, 6.45) is 1.12. The predicted octanol–water partition coefficient (Wildman–Crippen LogP) is 4.58. The molecule has 0 spiro atoms. The van der Waals surface area contributed by atoms with E-state index in [1.54, 1.807) is 24.3 Å². The number of hydrogen-bond donors (Lipinski definition) is 0. The van der Waals surface area contributed by atoms with Gasteiger partial charge >= 0.3 is 5.97 Å². The van der Waals surface area contributed by atoms with E-state index in [1.807, 2.05) is 30.3 Å². The van der Waals surface area contributed by atoms with E-state index >= 15 is 0 Å². The average Bonchev–Trinajstić information content (AvgIpc) is 2.76. The predicted molar refractivity (Wildman–Crippen MR) is 111 cm³/mol. The molecule has 0 saturated carbocycles. The minimum atomic E-state index is -0.565. The van der Waals surface area contributed by atoms with Crippen LogP contribution in [0.4, 0.5) is 0 Å². The number of benzene rings is 2. The minimum Gasteiger partial charge on any atom is -0.482 e. The van der Waals surface area contributed by atoms with Crippen molar-refractivity contribution in [3.63, 3.8) is 0 Å². The number of ether oxygens (including phenoxy) is 2. The Labute approximate surface area is 178 Å². The van der Waals surface area contributed by atoms with Crippen LogP contribution in [-0.4, -0.2) is 11.8 Å². The van der Waals surface area contributed by atoms with Crippen LogP contribution < -0.4 is 10.2 Å². The smallest absolute Gasteiger partial charge is 0.306 e. The number of rotatable bonds is 9. The summed E-state index contributed by atoms with van der Waals surface area (Å²) in [5.74, 6) is -0.494. The van der Waals surface area contributed by atoms with Gasteiger partial charge in [-0.3, -0.25) is 14.4 Å². The van der Waals surface area contributed by atoms with Crippen LogP contribution in [0.3, 0.4) is 0 Å². The van der Waals surface area contributed by atoms with Gasteiger partial charge in [-0.05, 0) is 29.8 Å². The molecule has 0 saturated heterocycles. The fourth-order valence-electron chi connectivity index (χ4n) is 2.57.